The summed E-state index contributed by atoms with van der Waals surface area (Å²) in [6, 6.07) is 3.43. The number of nitrogens with two attached hydrogens (primary N) is 1. The summed E-state index contributed by atoms with van der Waals surface area (Å²) in [7, 11) is 1.60. The molecule has 59 heavy (non-hydrogen) atoms. The number of likely N-dealkylation sites (N-methyl/N-ethyl adjacent to an activating group) is 1. The van der Waals surface area contributed by atoms with Gasteiger partial charge in [-0.2, -0.15) is 0 Å². The van der Waals surface area contributed by atoms with Gasteiger partial charge in [-0.15, -0.1) is 0 Å². The lowest BCUT2D eigenvalue weighted by atomic mass is 9.90. The molecule has 3 rings (SSSR count). The number of ether oxygens (including phenoxy) is 2. The summed E-state index contributed by atoms with van der Waals surface area (Å²) in [4.78, 5) is 97.1. The predicted octanol–water partition coefficient (Wildman–Crippen LogP) is 3.35. The Morgan fingerprint density at radius 1 is 0.814 bits per heavy atom. The molecule has 1 saturated heterocycles. The van der Waals surface area contributed by atoms with Crippen LogP contribution in [0.15, 0.2) is 30.3 Å². The Labute approximate surface area is 349 Å². The van der Waals surface area contributed by atoms with Crippen LogP contribution in [0.3, 0.4) is 0 Å². The van der Waals surface area contributed by atoms with Crippen molar-refractivity contribution in [1.29, 1.82) is 0 Å². The molecule has 7 N–H and O–H groups in total. The van der Waals surface area contributed by atoms with Crippen LogP contribution in [0.1, 0.15) is 123 Å². The number of carbonyl (C=O) groups is 7. The number of primary amides is 1. The lowest BCUT2D eigenvalue weighted by Gasteiger charge is -2.34. The minimum atomic E-state index is -1.48. The van der Waals surface area contributed by atoms with Crippen molar-refractivity contribution < 1.29 is 43.0 Å². The second-order valence-electron chi connectivity index (χ2n) is 16.1. The Kier molecular flexibility index (Phi) is 21.2. The molecule has 0 unspecified atom stereocenters. The van der Waals surface area contributed by atoms with E-state index in [1.807, 2.05) is 13.0 Å². The van der Waals surface area contributed by atoms with Gasteiger partial charge < -0.3 is 46.7 Å². The van der Waals surface area contributed by atoms with Crippen molar-refractivity contribution in [3.05, 3.63) is 35.9 Å². The van der Waals surface area contributed by atoms with Crippen molar-refractivity contribution in [2.24, 2.45) is 17.6 Å². The van der Waals surface area contributed by atoms with Gasteiger partial charge in [0, 0.05) is 13.1 Å². The number of benzene rings is 1. The van der Waals surface area contributed by atoms with Gasteiger partial charge in [-0.25, -0.2) is 4.79 Å². The van der Waals surface area contributed by atoms with Crippen LogP contribution in [0.5, 0.6) is 0 Å². The van der Waals surface area contributed by atoms with Gasteiger partial charge in [-0.1, -0.05) is 109 Å². The first kappa shape index (κ1) is 48.6. The molecular formula is C43H69N7O9. The summed E-state index contributed by atoms with van der Waals surface area (Å²) in [5, 5.41) is 13.6. The molecule has 7 atom stereocenters. The van der Waals surface area contributed by atoms with E-state index in [2.05, 4.69) is 33.5 Å². The molecule has 0 aromatic heterocycles. The maximum Gasteiger partial charge on any atom is 0.407 e. The van der Waals surface area contributed by atoms with E-state index in [0.29, 0.717) is 32.1 Å². The molecule has 1 aromatic rings. The Bertz CT molecular complexity index is 1520. The maximum atomic E-state index is 14.4. The zero-order valence-electron chi connectivity index (χ0n) is 35.7. The molecule has 1 aliphatic heterocycles. The monoisotopic (exact) mass is 828 g/mol. The van der Waals surface area contributed by atoms with Crippen LogP contribution in [-0.4, -0.2) is 103 Å². The highest BCUT2D eigenvalue weighted by Gasteiger charge is 2.39. The third kappa shape index (κ3) is 16.4. The van der Waals surface area contributed by atoms with Crippen molar-refractivity contribution >= 4 is 41.5 Å². The molecule has 16 nitrogen and oxygen atoms in total. The lowest BCUT2D eigenvalue weighted by molar-refractivity contribution is -0.147. The molecule has 0 bridgehead atoms. The Morgan fingerprint density at radius 3 is 2.12 bits per heavy atom. The van der Waals surface area contributed by atoms with Crippen LogP contribution in [0.2, 0.25) is 0 Å². The second kappa shape index (κ2) is 25.7. The number of amides is 7. The summed E-state index contributed by atoms with van der Waals surface area (Å²) >= 11 is 0. The number of hydrogen-bond donors (Lipinski definition) is 6. The molecule has 0 radical (unpaired) electrons. The lowest BCUT2D eigenvalue weighted by Crippen LogP contribution is -2.62. The number of nitrogens with one attached hydrogen (secondary N) is 5. The van der Waals surface area contributed by atoms with Crippen molar-refractivity contribution in [3.8, 4) is 0 Å². The second-order valence-corrected chi connectivity index (χ2v) is 16.1. The standard InChI is InChI=1S/C43H69N7O9/c1-6-8-9-17-23-35-29(4)42(56)50(5)34(18-7-2)40(54)49-37(31-21-15-10-11-16-22-31)41(55)48-33(25-45-43(57)59-27-30-19-13-12-14-20-30)39(53)47-32(24-36(44)51)38(52)46-28(3)26-58-35/h12-14,19-20,28-29,31-35,37H,6-11,15-18,21-27H2,1-5H3,(H2,44,51)(H,45,57)(H,46,52)(H,47,53)(H,48,55)(H,49,54)/t28-,29-,32+,33+,34+,35-,37+/m1/s1. The number of nitrogens with zero attached hydrogens (tertiary/aromatic N) is 1. The van der Waals surface area contributed by atoms with Crippen LogP contribution < -0.4 is 32.3 Å². The van der Waals surface area contributed by atoms with E-state index >= 15 is 0 Å². The number of hydrogen-bond acceptors (Lipinski definition) is 9. The van der Waals surface area contributed by atoms with Crippen LogP contribution in [0, 0.1) is 11.8 Å². The van der Waals surface area contributed by atoms with E-state index in [4.69, 9.17) is 15.2 Å². The zero-order valence-corrected chi connectivity index (χ0v) is 35.7. The molecule has 2 fully saturated rings. The zero-order chi connectivity index (χ0) is 43.3. The van der Waals surface area contributed by atoms with Gasteiger partial charge in [0.1, 0.15) is 30.8 Å². The van der Waals surface area contributed by atoms with Gasteiger partial charge in [-0.3, -0.25) is 28.8 Å². The SMILES string of the molecule is CCCCCC[C@H]1OC[C@@H](C)NC(=O)[C@H](CC(N)=O)NC(=O)[C@H](CNC(=O)OCc2ccccc2)NC(=O)[C@H](C2CCCCCC2)NC(=O)[C@H](CCC)N(C)C(=O)[C@@H]1C. The first-order valence-electron chi connectivity index (χ1n) is 21.6. The third-order valence-electron chi connectivity index (χ3n) is 11.2. The topological polar surface area (TPSA) is 227 Å². The summed E-state index contributed by atoms with van der Waals surface area (Å²) in [5.41, 5.74) is 6.25. The van der Waals surface area contributed by atoms with Crippen molar-refractivity contribution in [2.75, 3.05) is 20.2 Å². The van der Waals surface area contributed by atoms with Crippen molar-refractivity contribution in [3.63, 3.8) is 0 Å². The fraction of sp³-hybridized carbons (Fsp3) is 0.698. The van der Waals surface area contributed by atoms with Crippen LogP contribution in [-0.2, 0) is 44.8 Å². The van der Waals surface area contributed by atoms with Crippen LogP contribution >= 0.6 is 0 Å². The van der Waals surface area contributed by atoms with E-state index in [-0.39, 0.29) is 25.0 Å². The summed E-state index contributed by atoms with van der Waals surface area (Å²) < 4.78 is 11.7. The van der Waals surface area contributed by atoms with Gasteiger partial charge in [0.15, 0.2) is 0 Å². The molecule has 1 aromatic carbocycles. The van der Waals surface area contributed by atoms with Gasteiger partial charge >= 0.3 is 6.09 Å². The Hall–Kier alpha value is -4.73. The summed E-state index contributed by atoms with van der Waals surface area (Å²) in [6.07, 6.45) is 8.23. The van der Waals surface area contributed by atoms with E-state index in [1.165, 1.54) is 4.90 Å². The molecule has 1 heterocycles. The highest BCUT2D eigenvalue weighted by molar-refractivity contribution is 5.97. The minimum absolute atomic E-state index is 0.0123. The normalized spacial score (nSPS) is 26.2. The fourth-order valence-electron chi connectivity index (χ4n) is 7.72. The van der Waals surface area contributed by atoms with Gasteiger partial charge in [0.2, 0.25) is 35.4 Å². The van der Waals surface area contributed by atoms with E-state index in [1.54, 1.807) is 45.2 Å². The fourth-order valence-corrected chi connectivity index (χ4v) is 7.72. The molecule has 1 saturated carbocycles. The van der Waals surface area contributed by atoms with E-state index in [0.717, 1.165) is 56.9 Å². The Balaban J connectivity index is 2.03. The average molecular weight is 828 g/mol. The minimum Gasteiger partial charge on any atom is -0.445 e. The summed E-state index contributed by atoms with van der Waals surface area (Å²) in [6.45, 7) is 7.00. The average Bonchev–Trinajstić information content (AvgIpc) is 3.50. The summed E-state index contributed by atoms with van der Waals surface area (Å²) in [5.74, 6) is -4.86. The molecule has 16 heteroatoms. The van der Waals surface area contributed by atoms with Gasteiger partial charge in [0.05, 0.1) is 31.6 Å². The van der Waals surface area contributed by atoms with Crippen molar-refractivity contribution in [2.45, 2.75) is 161 Å². The highest BCUT2D eigenvalue weighted by Crippen LogP contribution is 2.27. The highest BCUT2D eigenvalue weighted by atomic mass is 16.5. The quantitative estimate of drug-likeness (QED) is 0.119. The van der Waals surface area contributed by atoms with Crippen LogP contribution in [0.25, 0.3) is 0 Å². The Morgan fingerprint density at radius 2 is 1.47 bits per heavy atom. The smallest absolute Gasteiger partial charge is 0.407 e. The molecule has 330 valence electrons. The molecule has 7 amide bonds. The van der Waals surface area contributed by atoms with Gasteiger partial charge in [0.25, 0.3) is 0 Å². The molecular weight excluding hydrogens is 759 g/mol. The van der Waals surface area contributed by atoms with Crippen molar-refractivity contribution in [1.82, 2.24) is 31.5 Å². The third-order valence-corrected chi connectivity index (χ3v) is 11.2. The number of alkyl carbamates (subject to hydrolysis) is 1. The van der Waals surface area contributed by atoms with Gasteiger partial charge in [-0.05, 0) is 44.1 Å². The first-order valence-corrected chi connectivity index (χ1v) is 21.6. The molecule has 2 aliphatic rings. The largest absolute Gasteiger partial charge is 0.445 e. The number of carbonyl (C=O) groups excluding carboxylic acids is 7. The first-order chi connectivity index (χ1) is 28.2. The van der Waals surface area contributed by atoms with E-state index < -0.39 is 90.8 Å². The van der Waals surface area contributed by atoms with Crippen LogP contribution in [0.4, 0.5) is 4.79 Å². The predicted molar refractivity (Wildman–Crippen MR) is 222 cm³/mol. The number of unbranched alkanes of at least 4 members (excludes halogenated alkanes) is 3. The molecule has 1 aliphatic carbocycles. The maximum absolute atomic E-state index is 14.4. The number of rotatable bonds is 14. The van der Waals surface area contributed by atoms with E-state index in [9.17, 15) is 33.6 Å². The molecule has 0 spiro atoms.